The van der Waals surface area contributed by atoms with Crippen molar-refractivity contribution in [2.45, 2.75) is 0 Å². The van der Waals surface area contributed by atoms with Gasteiger partial charge >= 0.3 is 5.97 Å². The van der Waals surface area contributed by atoms with Gasteiger partial charge in [0.05, 0.1) is 5.52 Å². The molecule has 2 heterocycles. The first-order valence-electron chi connectivity index (χ1n) is 4.95. The Kier molecular flexibility index (Phi) is 1.77. The zero-order valence-electron chi connectivity index (χ0n) is 8.88. The van der Waals surface area contributed by atoms with Crippen molar-refractivity contribution in [2.24, 2.45) is 7.05 Å². The molecule has 1 N–H and O–H groups in total. The SMILES string of the molecule is Cn1c(C(=O)O)cn2c3cccc(F)c3nc12. The molecule has 0 unspecified atom stereocenters. The highest BCUT2D eigenvalue weighted by Gasteiger charge is 2.17. The van der Waals surface area contributed by atoms with Crippen LogP contribution in [0.1, 0.15) is 10.5 Å². The molecule has 0 amide bonds. The highest BCUT2D eigenvalue weighted by Crippen LogP contribution is 2.20. The van der Waals surface area contributed by atoms with E-state index in [4.69, 9.17) is 5.11 Å². The summed E-state index contributed by atoms with van der Waals surface area (Å²) in [5, 5.41) is 8.98. The summed E-state index contributed by atoms with van der Waals surface area (Å²) in [6.45, 7) is 0. The number of nitrogens with zero attached hydrogens (tertiary/aromatic N) is 3. The van der Waals surface area contributed by atoms with Crippen LogP contribution in [0.15, 0.2) is 24.4 Å². The Morgan fingerprint density at radius 1 is 1.47 bits per heavy atom. The molecule has 17 heavy (non-hydrogen) atoms. The maximum absolute atomic E-state index is 13.5. The van der Waals surface area contributed by atoms with Gasteiger partial charge in [0.25, 0.3) is 0 Å². The van der Waals surface area contributed by atoms with Gasteiger partial charge in [-0.2, -0.15) is 0 Å². The standard InChI is InChI=1S/C11H8FN3O2/c1-14-8(10(16)17)5-15-7-4-2-3-6(12)9(7)13-11(14)15/h2-5H,1H3,(H,16,17). The van der Waals surface area contributed by atoms with E-state index < -0.39 is 11.8 Å². The Hall–Kier alpha value is -2.37. The molecule has 0 saturated heterocycles. The Balaban J connectivity index is 2.49. The normalized spacial score (nSPS) is 11.4. The van der Waals surface area contributed by atoms with E-state index in [0.29, 0.717) is 11.3 Å². The molecule has 2 aromatic heterocycles. The number of carboxylic acids is 1. The molecule has 0 fully saturated rings. The van der Waals surface area contributed by atoms with Gasteiger partial charge in [-0.05, 0) is 12.1 Å². The van der Waals surface area contributed by atoms with E-state index in [1.54, 1.807) is 23.6 Å². The average Bonchev–Trinajstić information content (AvgIpc) is 2.78. The van der Waals surface area contributed by atoms with Crippen LogP contribution in [0.25, 0.3) is 16.8 Å². The molecule has 86 valence electrons. The molecule has 3 rings (SSSR count). The van der Waals surface area contributed by atoms with Crippen molar-refractivity contribution in [1.82, 2.24) is 14.0 Å². The molecule has 3 aromatic rings. The van der Waals surface area contributed by atoms with Crippen molar-refractivity contribution >= 4 is 22.8 Å². The second kappa shape index (κ2) is 3.07. The predicted molar refractivity (Wildman–Crippen MR) is 58.6 cm³/mol. The van der Waals surface area contributed by atoms with Crippen molar-refractivity contribution < 1.29 is 14.3 Å². The van der Waals surface area contributed by atoms with E-state index in [0.717, 1.165) is 0 Å². The predicted octanol–water partition coefficient (Wildman–Crippen LogP) is 1.66. The lowest BCUT2D eigenvalue weighted by Gasteiger charge is -1.94. The van der Waals surface area contributed by atoms with Gasteiger partial charge in [-0.3, -0.25) is 4.40 Å². The fourth-order valence-electron chi connectivity index (χ4n) is 1.95. The quantitative estimate of drug-likeness (QED) is 0.695. The van der Waals surface area contributed by atoms with Gasteiger partial charge in [-0.25, -0.2) is 14.2 Å². The van der Waals surface area contributed by atoms with Gasteiger partial charge in [0.1, 0.15) is 11.2 Å². The Bertz CT molecular complexity index is 757. The van der Waals surface area contributed by atoms with Crippen LogP contribution in [-0.2, 0) is 7.05 Å². The van der Waals surface area contributed by atoms with Crippen molar-refractivity contribution in [1.29, 1.82) is 0 Å². The van der Waals surface area contributed by atoms with Gasteiger partial charge in [0, 0.05) is 13.2 Å². The van der Waals surface area contributed by atoms with E-state index in [1.807, 2.05) is 0 Å². The van der Waals surface area contributed by atoms with Gasteiger partial charge in [0.15, 0.2) is 5.82 Å². The summed E-state index contributed by atoms with van der Waals surface area (Å²) in [7, 11) is 1.59. The molecule has 0 aliphatic carbocycles. The van der Waals surface area contributed by atoms with Crippen molar-refractivity contribution in [3.05, 3.63) is 35.9 Å². The third-order valence-corrected chi connectivity index (χ3v) is 2.78. The first-order valence-corrected chi connectivity index (χ1v) is 4.95. The Labute approximate surface area is 94.7 Å². The first-order chi connectivity index (χ1) is 8.09. The summed E-state index contributed by atoms with van der Waals surface area (Å²) in [6.07, 6.45) is 1.44. The Morgan fingerprint density at radius 3 is 2.94 bits per heavy atom. The highest BCUT2D eigenvalue weighted by molar-refractivity contribution is 5.88. The van der Waals surface area contributed by atoms with Crippen LogP contribution in [0.3, 0.4) is 0 Å². The number of para-hydroxylation sites is 1. The van der Waals surface area contributed by atoms with Gasteiger partial charge in [-0.15, -0.1) is 0 Å². The monoisotopic (exact) mass is 233 g/mol. The number of rotatable bonds is 1. The Morgan fingerprint density at radius 2 is 2.24 bits per heavy atom. The van der Waals surface area contributed by atoms with Crippen molar-refractivity contribution in [2.75, 3.05) is 0 Å². The lowest BCUT2D eigenvalue weighted by Crippen LogP contribution is -2.04. The maximum Gasteiger partial charge on any atom is 0.354 e. The molecule has 0 aliphatic heterocycles. The number of aromatic carboxylic acids is 1. The number of hydrogen-bond donors (Lipinski definition) is 1. The van der Waals surface area contributed by atoms with Crippen molar-refractivity contribution in [3.63, 3.8) is 0 Å². The van der Waals surface area contributed by atoms with Crippen LogP contribution in [-0.4, -0.2) is 25.0 Å². The summed E-state index contributed by atoms with van der Waals surface area (Å²) in [5.74, 6) is -1.05. The molecule has 0 radical (unpaired) electrons. The van der Waals surface area contributed by atoms with Crippen LogP contribution in [0, 0.1) is 5.82 Å². The number of halogens is 1. The largest absolute Gasteiger partial charge is 0.477 e. The van der Waals surface area contributed by atoms with Gasteiger partial charge in [0.2, 0.25) is 5.78 Å². The minimum absolute atomic E-state index is 0.110. The fourth-order valence-corrected chi connectivity index (χ4v) is 1.95. The number of carboxylic acid groups (broad SMARTS) is 1. The number of aryl methyl sites for hydroxylation is 1. The summed E-state index contributed by atoms with van der Waals surface area (Å²) >= 11 is 0. The molecule has 1 aromatic carbocycles. The van der Waals surface area contributed by atoms with Gasteiger partial charge in [-0.1, -0.05) is 6.07 Å². The number of carbonyl (C=O) groups is 1. The minimum Gasteiger partial charge on any atom is -0.477 e. The molecule has 5 nitrogen and oxygen atoms in total. The topological polar surface area (TPSA) is 59.5 Å². The maximum atomic E-state index is 13.5. The van der Waals surface area contributed by atoms with E-state index >= 15 is 0 Å². The molecule has 0 bridgehead atoms. The average molecular weight is 233 g/mol. The minimum atomic E-state index is -1.04. The number of hydrogen-bond acceptors (Lipinski definition) is 2. The number of aromatic nitrogens is 3. The fraction of sp³-hybridized carbons (Fsp3) is 0.0909. The third-order valence-electron chi connectivity index (χ3n) is 2.78. The molecule has 0 atom stereocenters. The van der Waals surface area contributed by atoms with E-state index in [-0.39, 0.29) is 11.2 Å². The molecule has 0 spiro atoms. The third kappa shape index (κ3) is 1.17. The van der Waals surface area contributed by atoms with Crippen LogP contribution in [0.2, 0.25) is 0 Å². The van der Waals surface area contributed by atoms with Gasteiger partial charge < -0.3 is 9.67 Å². The van der Waals surface area contributed by atoms with Crippen LogP contribution >= 0.6 is 0 Å². The lowest BCUT2D eigenvalue weighted by molar-refractivity contribution is 0.0687. The van der Waals surface area contributed by atoms with E-state index in [2.05, 4.69) is 4.98 Å². The second-order valence-corrected chi connectivity index (χ2v) is 3.77. The summed E-state index contributed by atoms with van der Waals surface area (Å²) in [4.78, 5) is 15.1. The number of fused-ring (bicyclic) bond motifs is 3. The van der Waals surface area contributed by atoms with Crippen LogP contribution in [0.5, 0.6) is 0 Å². The molecule has 6 heteroatoms. The molecular formula is C11H8FN3O2. The number of imidazole rings is 2. The van der Waals surface area contributed by atoms with E-state index in [9.17, 15) is 9.18 Å². The zero-order valence-corrected chi connectivity index (χ0v) is 8.88. The van der Waals surface area contributed by atoms with Crippen molar-refractivity contribution in [3.8, 4) is 0 Å². The van der Waals surface area contributed by atoms with E-state index in [1.165, 1.54) is 16.8 Å². The number of benzene rings is 1. The highest BCUT2D eigenvalue weighted by atomic mass is 19.1. The first kappa shape index (κ1) is 9.83. The summed E-state index contributed by atoms with van der Waals surface area (Å²) < 4.78 is 16.5. The molecule has 0 aliphatic rings. The summed E-state index contributed by atoms with van der Waals surface area (Å²) in [6, 6.07) is 4.59. The second-order valence-electron chi connectivity index (χ2n) is 3.77. The molecular weight excluding hydrogens is 225 g/mol. The smallest absolute Gasteiger partial charge is 0.354 e. The molecule has 0 saturated carbocycles. The summed E-state index contributed by atoms with van der Waals surface area (Å²) in [5.41, 5.74) is 0.914. The lowest BCUT2D eigenvalue weighted by atomic mass is 10.3. The van der Waals surface area contributed by atoms with Crippen LogP contribution < -0.4 is 0 Å². The zero-order chi connectivity index (χ0) is 12.2. The van der Waals surface area contributed by atoms with Crippen LogP contribution in [0.4, 0.5) is 4.39 Å².